The SMILES string of the molecule is COc1ccc(NC(=O)CSC2=NC(=N)C(=NC(=O)c3cccs3)C(=O)N2)cc1. The number of benzene rings is 1. The Bertz CT molecular complexity index is 1010. The Morgan fingerprint density at radius 1 is 1.31 bits per heavy atom. The number of nitrogens with one attached hydrogen (secondary N) is 3. The van der Waals surface area contributed by atoms with Crippen LogP contribution in [0.2, 0.25) is 0 Å². The molecule has 1 aliphatic rings. The van der Waals surface area contributed by atoms with Crippen LogP contribution in [0.5, 0.6) is 5.75 Å². The van der Waals surface area contributed by atoms with Gasteiger partial charge in [0.15, 0.2) is 16.7 Å². The molecule has 0 aliphatic carbocycles. The van der Waals surface area contributed by atoms with Gasteiger partial charge in [-0.25, -0.2) is 4.99 Å². The van der Waals surface area contributed by atoms with E-state index in [2.05, 4.69) is 20.6 Å². The highest BCUT2D eigenvalue weighted by Crippen LogP contribution is 2.16. The number of hydrogen-bond donors (Lipinski definition) is 3. The second-order valence-electron chi connectivity index (χ2n) is 5.53. The maximum atomic E-state index is 12.2. The van der Waals surface area contributed by atoms with Gasteiger partial charge < -0.3 is 10.1 Å². The topological polar surface area (TPSA) is 133 Å². The molecule has 3 rings (SSSR count). The van der Waals surface area contributed by atoms with Crippen LogP contribution in [0.25, 0.3) is 0 Å². The third-order valence-corrected chi connectivity index (χ3v) is 5.26. The first-order valence-electron chi connectivity index (χ1n) is 8.18. The number of carbonyl (C=O) groups excluding carboxylic acids is 3. The standard InChI is InChI=1S/C18H15N5O4S2/c1-27-11-6-4-10(5-7-11)20-13(24)9-29-18-22-15(19)14(17(26)23-18)21-16(25)12-3-2-8-28-12/h2-8H,9H2,1H3,(H,20,24)(H2,19,22,23,26). The number of rotatable bonds is 5. The Hall–Kier alpha value is -3.31. The van der Waals surface area contributed by atoms with Crippen LogP contribution < -0.4 is 15.4 Å². The van der Waals surface area contributed by atoms with Crippen molar-refractivity contribution in [3.05, 3.63) is 46.7 Å². The number of thiophene rings is 1. The fourth-order valence-electron chi connectivity index (χ4n) is 2.18. The molecule has 148 valence electrons. The summed E-state index contributed by atoms with van der Waals surface area (Å²) >= 11 is 2.15. The lowest BCUT2D eigenvalue weighted by atomic mass is 10.3. The molecule has 9 nitrogen and oxygen atoms in total. The second-order valence-corrected chi connectivity index (χ2v) is 7.44. The molecule has 0 saturated carbocycles. The van der Waals surface area contributed by atoms with Gasteiger partial charge in [0.05, 0.1) is 17.7 Å². The minimum atomic E-state index is -0.715. The van der Waals surface area contributed by atoms with Crippen LogP contribution in [0.1, 0.15) is 9.67 Å². The largest absolute Gasteiger partial charge is 0.497 e. The minimum Gasteiger partial charge on any atom is -0.497 e. The first-order chi connectivity index (χ1) is 14.0. The van der Waals surface area contributed by atoms with E-state index in [1.165, 1.54) is 11.3 Å². The Labute approximate surface area is 173 Å². The lowest BCUT2D eigenvalue weighted by Crippen LogP contribution is -2.43. The van der Waals surface area contributed by atoms with Crippen LogP contribution in [0.4, 0.5) is 5.69 Å². The van der Waals surface area contributed by atoms with Gasteiger partial charge in [0.2, 0.25) is 5.91 Å². The van der Waals surface area contributed by atoms with Crippen LogP contribution in [0, 0.1) is 5.41 Å². The summed E-state index contributed by atoms with van der Waals surface area (Å²) < 4.78 is 5.05. The van der Waals surface area contributed by atoms with Crippen molar-refractivity contribution in [2.45, 2.75) is 0 Å². The van der Waals surface area contributed by atoms with Crippen molar-refractivity contribution < 1.29 is 19.1 Å². The molecule has 1 aromatic heterocycles. The van der Waals surface area contributed by atoms with E-state index in [1.807, 2.05) is 0 Å². The summed E-state index contributed by atoms with van der Waals surface area (Å²) in [4.78, 5) is 44.2. The zero-order chi connectivity index (χ0) is 20.8. The lowest BCUT2D eigenvalue weighted by Gasteiger charge is -2.14. The highest BCUT2D eigenvalue weighted by Gasteiger charge is 2.26. The monoisotopic (exact) mass is 429 g/mol. The summed E-state index contributed by atoms with van der Waals surface area (Å²) in [5.41, 5.74) is 0.232. The maximum Gasteiger partial charge on any atom is 0.287 e. The summed E-state index contributed by atoms with van der Waals surface area (Å²) in [6.45, 7) is 0. The van der Waals surface area contributed by atoms with Crippen LogP contribution in [-0.2, 0) is 9.59 Å². The Morgan fingerprint density at radius 2 is 2.07 bits per heavy atom. The first-order valence-corrected chi connectivity index (χ1v) is 10.0. The zero-order valence-electron chi connectivity index (χ0n) is 15.1. The molecule has 1 aromatic carbocycles. The van der Waals surface area contributed by atoms with E-state index in [1.54, 1.807) is 48.9 Å². The molecule has 11 heteroatoms. The zero-order valence-corrected chi connectivity index (χ0v) is 16.7. The van der Waals surface area contributed by atoms with Gasteiger partial charge in [-0.2, -0.15) is 4.99 Å². The number of anilines is 1. The summed E-state index contributed by atoms with van der Waals surface area (Å²) in [5.74, 6) is -1.43. The quantitative estimate of drug-likeness (QED) is 0.670. The summed E-state index contributed by atoms with van der Waals surface area (Å²) in [7, 11) is 1.55. The Kier molecular flexibility index (Phi) is 6.52. The van der Waals surface area contributed by atoms with Gasteiger partial charge in [0.25, 0.3) is 11.8 Å². The summed E-state index contributed by atoms with van der Waals surface area (Å²) in [6, 6.07) is 10.1. The van der Waals surface area contributed by atoms with E-state index in [9.17, 15) is 14.4 Å². The van der Waals surface area contributed by atoms with E-state index in [0.717, 1.165) is 11.8 Å². The predicted molar refractivity (Wildman–Crippen MR) is 113 cm³/mol. The number of amidine groups is 2. The van der Waals surface area contributed by atoms with Crippen LogP contribution >= 0.6 is 23.1 Å². The maximum absolute atomic E-state index is 12.2. The van der Waals surface area contributed by atoms with Crippen LogP contribution in [0.15, 0.2) is 51.8 Å². The normalized spacial score (nSPS) is 14.9. The Morgan fingerprint density at radius 3 is 2.69 bits per heavy atom. The first kappa shape index (κ1) is 20.4. The van der Waals surface area contributed by atoms with Gasteiger partial charge in [-0.15, -0.1) is 11.3 Å². The molecule has 0 radical (unpaired) electrons. The fraction of sp³-hybridized carbons (Fsp3) is 0.111. The molecule has 29 heavy (non-hydrogen) atoms. The van der Waals surface area contributed by atoms with Crippen molar-refractivity contribution in [2.24, 2.45) is 9.98 Å². The van der Waals surface area contributed by atoms with E-state index >= 15 is 0 Å². The third kappa shape index (κ3) is 5.36. The molecule has 2 aromatic rings. The van der Waals surface area contributed by atoms with Crippen molar-refractivity contribution in [1.82, 2.24) is 5.32 Å². The van der Waals surface area contributed by atoms with Crippen LogP contribution in [0.3, 0.4) is 0 Å². The van der Waals surface area contributed by atoms with Gasteiger partial charge in [-0.1, -0.05) is 17.8 Å². The average Bonchev–Trinajstić information content (AvgIpc) is 3.24. The molecule has 1 aliphatic heterocycles. The molecule has 2 heterocycles. The number of thioether (sulfide) groups is 1. The van der Waals surface area contributed by atoms with Crippen molar-refractivity contribution in [3.8, 4) is 5.75 Å². The Balaban J connectivity index is 1.58. The van der Waals surface area contributed by atoms with Crippen molar-refractivity contribution >= 4 is 63.2 Å². The van der Waals surface area contributed by atoms with Crippen molar-refractivity contribution in [3.63, 3.8) is 0 Å². The van der Waals surface area contributed by atoms with Gasteiger partial charge in [-0.05, 0) is 35.7 Å². The highest BCUT2D eigenvalue weighted by atomic mass is 32.2. The summed E-state index contributed by atoms with van der Waals surface area (Å²) in [6.07, 6.45) is 0. The molecular weight excluding hydrogens is 414 g/mol. The number of aliphatic imine (C=N–C) groups is 2. The molecule has 0 fully saturated rings. The average molecular weight is 429 g/mol. The number of ether oxygens (including phenoxy) is 1. The highest BCUT2D eigenvalue weighted by molar-refractivity contribution is 8.14. The molecule has 0 spiro atoms. The number of amides is 3. The third-order valence-electron chi connectivity index (χ3n) is 3.53. The van der Waals surface area contributed by atoms with Gasteiger partial charge in [-0.3, -0.25) is 25.1 Å². The van der Waals surface area contributed by atoms with Gasteiger partial charge in [0.1, 0.15) is 5.75 Å². The molecule has 0 bridgehead atoms. The van der Waals surface area contributed by atoms with Crippen LogP contribution in [-0.4, -0.2) is 47.3 Å². The lowest BCUT2D eigenvalue weighted by molar-refractivity contribution is -0.114. The number of hydrogen-bond acceptors (Lipinski definition) is 7. The molecular formula is C18H15N5O4S2. The van der Waals surface area contributed by atoms with Crippen molar-refractivity contribution in [2.75, 3.05) is 18.2 Å². The van der Waals surface area contributed by atoms with E-state index in [4.69, 9.17) is 10.1 Å². The molecule has 3 amide bonds. The molecule has 0 unspecified atom stereocenters. The molecule has 0 saturated heterocycles. The second kappa shape index (κ2) is 9.26. The smallest absolute Gasteiger partial charge is 0.287 e. The predicted octanol–water partition coefficient (Wildman–Crippen LogP) is 2.17. The number of nitrogens with zero attached hydrogens (tertiary/aromatic N) is 2. The van der Waals surface area contributed by atoms with Gasteiger partial charge in [0, 0.05) is 5.69 Å². The minimum absolute atomic E-state index is 0.0287. The van der Waals surface area contributed by atoms with E-state index < -0.39 is 17.6 Å². The molecule has 0 atom stereocenters. The van der Waals surface area contributed by atoms with E-state index in [0.29, 0.717) is 16.3 Å². The number of methoxy groups -OCH3 is 1. The fourth-order valence-corrected chi connectivity index (χ4v) is 3.45. The van der Waals surface area contributed by atoms with Crippen molar-refractivity contribution in [1.29, 1.82) is 5.41 Å². The number of carbonyl (C=O) groups is 3. The molecule has 3 N–H and O–H groups in total. The van der Waals surface area contributed by atoms with E-state index in [-0.39, 0.29) is 22.5 Å². The van der Waals surface area contributed by atoms with Gasteiger partial charge >= 0.3 is 0 Å². The summed E-state index contributed by atoms with van der Waals surface area (Å²) in [5, 5.41) is 14.8.